The molecule has 1 fully saturated rings. The molecule has 0 radical (unpaired) electrons. The lowest BCUT2D eigenvalue weighted by molar-refractivity contribution is 0.0116. The molecule has 6 nitrogen and oxygen atoms in total. The number of halogens is 3. The summed E-state index contributed by atoms with van der Waals surface area (Å²) >= 11 is 0. The third-order valence-electron chi connectivity index (χ3n) is 3.62. The summed E-state index contributed by atoms with van der Waals surface area (Å²) in [7, 11) is 0. The minimum absolute atomic E-state index is 0.0677. The number of hydrogen-bond acceptors (Lipinski definition) is 5. The Morgan fingerprint density at radius 2 is 2.30 bits per heavy atom. The molecular formula is C14H13F3N4O2. The Morgan fingerprint density at radius 1 is 1.52 bits per heavy atom. The third-order valence-corrected chi connectivity index (χ3v) is 3.62. The Labute approximate surface area is 129 Å². The monoisotopic (exact) mass is 326 g/mol. The van der Waals surface area contributed by atoms with Crippen LogP contribution in [0, 0.1) is 5.82 Å². The van der Waals surface area contributed by atoms with E-state index in [4.69, 9.17) is 4.52 Å². The fourth-order valence-corrected chi connectivity index (χ4v) is 2.50. The molecular weight excluding hydrogens is 313 g/mol. The van der Waals surface area contributed by atoms with Crippen LogP contribution in [0.4, 0.5) is 13.2 Å². The molecule has 1 unspecified atom stereocenters. The van der Waals surface area contributed by atoms with E-state index in [1.807, 2.05) is 0 Å². The van der Waals surface area contributed by atoms with Gasteiger partial charge in [0.15, 0.2) is 11.6 Å². The first kappa shape index (κ1) is 15.4. The molecule has 9 heteroatoms. The van der Waals surface area contributed by atoms with Crippen LogP contribution in [0.5, 0.6) is 0 Å². The van der Waals surface area contributed by atoms with Gasteiger partial charge in [-0.2, -0.15) is 4.98 Å². The van der Waals surface area contributed by atoms with Gasteiger partial charge in [-0.1, -0.05) is 12.1 Å². The lowest BCUT2D eigenvalue weighted by atomic mass is 10.1. The van der Waals surface area contributed by atoms with E-state index in [9.17, 15) is 18.0 Å². The lowest BCUT2D eigenvalue weighted by Gasteiger charge is -2.21. The average molecular weight is 326 g/mol. The molecule has 2 aromatic rings. The van der Waals surface area contributed by atoms with Crippen LogP contribution in [-0.4, -0.2) is 38.4 Å². The fraction of sp³-hybridized carbons (Fsp3) is 0.429. The fourth-order valence-electron chi connectivity index (χ4n) is 2.50. The molecule has 3 rings (SSSR count). The normalized spacial score (nSPS) is 20.0. The molecule has 23 heavy (non-hydrogen) atoms. The summed E-state index contributed by atoms with van der Waals surface area (Å²) in [5.41, 5.74) is -0.321. The topological polar surface area (TPSA) is 72.1 Å². The highest BCUT2D eigenvalue weighted by Gasteiger charge is 2.50. The third kappa shape index (κ3) is 2.90. The molecule has 1 amide bonds. The van der Waals surface area contributed by atoms with E-state index in [1.165, 1.54) is 6.20 Å². The second-order valence-corrected chi connectivity index (χ2v) is 5.27. The van der Waals surface area contributed by atoms with Gasteiger partial charge in [0.05, 0.1) is 18.3 Å². The smallest absolute Gasteiger partial charge is 0.267 e. The van der Waals surface area contributed by atoms with Crippen molar-refractivity contribution in [3.63, 3.8) is 0 Å². The Balaban J connectivity index is 1.95. The Bertz CT molecular complexity index is 734. The number of hydrogen-bond donors (Lipinski definition) is 0. The van der Waals surface area contributed by atoms with Crippen LogP contribution in [-0.2, 0) is 6.42 Å². The summed E-state index contributed by atoms with van der Waals surface area (Å²) in [5, 5.41) is 3.66. The van der Waals surface area contributed by atoms with Crippen LogP contribution in [0.1, 0.15) is 41.5 Å². The Morgan fingerprint density at radius 3 is 2.96 bits per heavy atom. The molecule has 0 bridgehead atoms. The van der Waals surface area contributed by atoms with Crippen molar-refractivity contribution in [2.45, 2.75) is 31.7 Å². The number of aryl methyl sites for hydroxylation is 1. The van der Waals surface area contributed by atoms with Crippen LogP contribution >= 0.6 is 0 Å². The molecule has 1 saturated heterocycles. The maximum atomic E-state index is 13.8. The zero-order chi connectivity index (χ0) is 16.6. The second-order valence-electron chi connectivity index (χ2n) is 5.27. The maximum absolute atomic E-state index is 13.8. The van der Waals surface area contributed by atoms with Gasteiger partial charge in [0.25, 0.3) is 11.8 Å². The highest BCUT2D eigenvalue weighted by atomic mass is 19.3. The highest BCUT2D eigenvalue weighted by Crippen LogP contribution is 2.41. The number of amides is 1. The predicted molar refractivity (Wildman–Crippen MR) is 71.2 cm³/mol. The summed E-state index contributed by atoms with van der Waals surface area (Å²) in [4.78, 5) is 20.9. The molecule has 0 saturated carbocycles. The van der Waals surface area contributed by atoms with E-state index < -0.39 is 36.7 Å². The summed E-state index contributed by atoms with van der Waals surface area (Å²) in [6, 6.07) is 0.0640. The van der Waals surface area contributed by atoms with Crippen LogP contribution in [0.3, 0.4) is 0 Å². The molecule has 1 aliphatic rings. The number of aromatic nitrogens is 3. The lowest BCUT2D eigenvalue weighted by Crippen LogP contribution is -2.33. The minimum Gasteiger partial charge on any atom is -0.337 e. The second kappa shape index (κ2) is 5.64. The number of alkyl halides is 2. The van der Waals surface area contributed by atoms with E-state index in [0.29, 0.717) is 12.2 Å². The zero-order valence-electron chi connectivity index (χ0n) is 12.2. The molecule has 1 aliphatic heterocycles. The van der Waals surface area contributed by atoms with Crippen LogP contribution in [0.25, 0.3) is 0 Å². The van der Waals surface area contributed by atoms with Crippen LogP contribution in [0.15, 0.2) is 23.0 Å². The van der Waals surface area contributed by atoms with Crippen LogP contribution < -0.4 is 0 Å². The minimum atomic E-state index is -3.11. The van der Waals surface area contributed by atoms with Crippen molar-refractivity contribution in [2.75, 3.05) is 6.54 Å². The number of rotatable bonds is 3. The first-order valence-corrected chi connectivity index (χ1v) is 7.02. The van der Waals surface area contributed by atoms with Gasteiger partial charge in [-0.3, -0.25) is 9.78 Å². The standard InChI is InChI=1S/C14H13F3N4O2/c1-2-11-19-12(23-20-11)10-5-14(16,17)7-21(10)13(22)8-3-4-18-6-9(8)15/h3-4,6,10H,2,5,7H2,1H3. The zero-order valence-corrected chi connectivity index (χ0v) is 12.2. The number of nitrogens with zero attached hydrogens (tertiary/aromatic N) is 4. The molecule has 1 atom stereocenters. The van der Waals surface area contributed by atoms with Gasteiger partial charge in [-0.05, 0) is 6.07 Å². The van der Waals surface area contributed by atoms with Gasteiger partial charge >= 0.3 is 0 Å². The number of carbonyl (C=O) groups excluding carboxylic acids is 1. The first-order chi connectivity index (χ1) is 10.9. The summed E-state index contributed by atoms with van der Waals surface area (Å²) in [6.45, 7) is 0.954. The molecule has 0 aromatic carbocycles. The van der Waals surface area contributed by atoms with Crippen molar-refractivity contribution >= 4 is 5.91 Å². The van der Waals surface area contributed by atoms with Gasteiger partial charge in [-0.15, -0.1) is 0 Å². The largest absolute Gasteiger partial charge is 0.337 e. The number of carbonyl (C=O) groups is 1. The van der Waals surface area contributed by atoms with Gasteiger partial charge in [0, 0.05) is 19.0 Å². The summed E-state index contributed by atoms with van der Waals surface area (Å²) in [6.07, 6.45) is 1.91. The van der Waals surface area contributed by atoms with Gasteiger partial charge in [0.1, 0.15) is 6.04 Å². The molecule has 2 aromatic heterocycles. The van der Waals surface area contributed by atoms with Crippen molar-refractivity contribution < 1.29 is 22.5 Å². The summed E-state index contributed by atoms with van der Waals surface area (Å²) < 4.78 is 46.3. The molecule has 0 spiro atoms. The average Bonchev–Trinajstić information content (AvgIpc) is 3.10. The summed E-state index contributed by atoms with van der Waals surface area (Å²) in [5.74, 6) is -4.54. The number of likely N-dealkylation sites (tertiary alicyclic amines) is 1. The van der Waals surface area contributed by atoms with Crippen molar-refractivity contribution in [1.29, 1.82) is 0 Å². The van der Waals surface area contributed by atoms with Gasteiger partial charge in [0.2, 0.25) is 5.89 Å². The molecule has 0 aliphatic carbocycles. The van der Waals surface area contributed by atoms with Crippen molar-refractivity contribution in [2.24, 2.45) is 0 Å². The van der Waals surface area contributed by atoms with Gasteiger partial charge < -0.3 is 9.42 Å². The van der Waals surface area contributed by atoms with Crippen LogP contribution in [0.2, 0.25) is 0 Å². The van der Waals surface area contributed by atoms with E-state index in [1.54, 1.807) is 6.92 Å². The van der Waals surface area contributed by atoms with Gasteiger partial charge in [-0.25, -0.2) is 13.2 Å². The van der Waals surface area contributed by atoms with Crippen molar-refractivity contribution in [3.8, 4) is 0 Å². The molecule has 122 valence electrons. The maximum Gasteiger partial charge on any atom is 0.267 e. The molecule has 3 heterocycles. The highest BCUT2D eigenvalue weighted by molar-refractivity contribution is 5.94. The quantitative estimate of drug-likeness (QED) is 0.866. The van der Waals surface area contributed by atoms with Crippen molar-refractivity contribution in [1.82, 2.24) is 20.0 Å². The molecule has 0 N–H and O–H groups in total. The van der Waals surface area contributed by atoms with E-state index in [0.717, 1.165) is 17.2 Å². The predicted octanol–water partition coefficient (Wildman–Crippen LogP) is 2.39. The Hall–Kier alpha value is -2.45. The van der Waals surface area contributed by atoms with Crippen molar-refractivity contribution in [3.05, 3.63) is 41.6 Å². The van der Waals surface area contributed by atoms with E-state index in [2.05, 4.69) is 15.1 Å². The number of pyridine rings is 1. The van der Waals surface area contributed by atoms with E-state index in [-0.39, 0.29) is 11.5 Å². The first-order valence-electron chi connectivity index (χ1n) is 7.02. The SMILES string of the molecule is CCc1noc(C2CC(F)(F)CN2C(=O)c2ccncc2F)n1. The van der Waals surface area contributed by atoms with E-state index >= 15 is 0 Å². The Kier molecular flexibility index (Phi) is 3.78.